The Morgan fingerprint density at radius 3 is 2.30 bits per heavy atom. The smallest absolute Gasteiger partial charge is 0.302 e. The van der Waals surface area contributed by atoms with Crippen LogP contribution >= 0.6 is 0 Å². The number of methoxy groups -OCH3 is 1. The summed E-state index contributed by atoms with van der Waals surface area (Å²) in [4.78, 5) is 10.8. The lowest BCUT2D eigenvalue weighted by Gasteiger charge is -2.06. The van der Waals surface area contributed by atoms with Gasteiger partial charge in [0.25, 0.3) is 0 Å². The molecule has 6 heteroatoms. The molecule has 1 aromatic rings. The topological polar surface area (TPSA) is 69.7 Å². The lowest BCUT2D eigenvalue weighted by molar-refractivity contribution is -0.139. The summed E-state index contributed by atoms with van der Waals surface area (Å²) < 4.78 is 34.0. The molecule has 20 heavy (non-hydrogen) atoms. The van der Waals surface area contributed by atoms with Gasteiger partial charge in [-0.3, -0.25) is 4.79 Å². The summed E-state index contributed by atoms with van der Waals surface area (Å²) in [5.74, 6) is 0.0961. The van der Waals surface area contributed by atoms with Gasteiger partial charge >= 0.3 is 5.97 Å². The second-order valence-electron chi connectivity index (χ2n) is 4.29. The molecule has 110 valence electrons. The predicted molar refractivity (Wildman–Crippen MR) is 75.4 cm³/mol. The summed E-state index contributed by atoms with van der Waals surface area (Å²) in [5.41, 5.74) is 0.627. The fraction of sp³-hybridized carbons (Fsp3) is 0.357. The van der Waals surface area contributed by atoms with E-state index in [4.69, 9.17) is 9.47 Å². The Kier molecular flexibility index (Phi) is 5.76. The van der Waals surface area contributed by atoms with Crippen LogP contribution in [0.1, 0.15) is 13.8 Å². The molecular weight excluding hydrogens is 280 g/mol. The van der Waals surface area contributed by atoms with Crippen LogP contribution in [0.15, 0.2) is 40.8 Å². The van der Waals surface area contributed by atoms with E-state index in [0.717, 1.165) is 0 Å². The Labute approximate surface area is 119 Å². The molecule has 0 fully saturated rings. The van der Waals surface area contributed by atoms with Gasteiger partial charge < -0.3 is 9.47 Å². The van der Waals surface area contributed by atoms with Crippen LogP contribution in [0.5, 0.6) is 5.75 Å². The zero-order chi connectivity index (χ0) is 15.2. The van der Waals surface area contributed by atoms with Gasteiger partial charge in [-0.05, 0) is 37.3 Å². The van der Waals surface area contributed by atoms with Gasteiger partial charge in [0, 0.05) is 6.92 Å². The number of rotatable bonds is 6. The van der Waals surface area contributed by atoms with Crippen LogP contribution in [0.2, 0.25) is 0 Å². The molecule has 5 nitrogen and oxygen atoms in total. The van der Waals surface area contributed by atoms with Gasteiger partial charge in [-0.25, -0.2) is 8.42 Å². The summed E-state index contributed by atoms with van der Waals surface area (Å²) in [5, 5.41) is 0. The Morgan fingerprint density at radius 1 is 1.20 bits per heavy atom. The van der Waals surface area contributed by atoms with Crippen molar-refractivity contribution in [2.24, 2.45) is 0 Å². The standard InChI is InChI=1S/C14H18O5S/c1-11(8-9-19-12(2)15)10-20(16,17)14-6-4-13(18-3)5-7-14/h4-8H,9-10H2,1-3H3/b11-8+. The molecule has 0 atom stereocenters. The fourth-order valence-electron chi connectivity index (χ4n) is 1.53. The zero-order valence-corrected chi connectivity index (χ0v) is 12.6. The van der Waals surface area contributed by atoms with Gasteiger partial charge in [0.05, 0.1) is 17.8 Å². The lowest BCUT2D eigenvalue weighted by Crippen LogP contribution is -2.09. The van der Waals surface area contributed by atoms with Gasteiger partial charge in [-0.2, -0.15) is 0 Å². The Hall–Kier alpha value is -1.82. The number of sulfone groups is 1. The first-order chi connectivity index (χ1) is 9.35. The van der Waals surface area contributed by atoms with E-state index < -0.39 is 15.8 Å². The van der Waals surface area contributed by atoms with Gasteiger partial charge in [-0.15, -0.1) is 0 Å². The third kappa shape index (κ3) is 5.05. The molecule has 0 unspecified atom stereocenters. The van der Waals surface area contributed by atoms with Crippen LogP contribution < -0.4 is 4.74 Å². The van der Waals surface area contributed by atoms with E-state index in [-0.39, 0.29) is 17.3 Å². The van der Waals surface area contributed by atoms with Crippen molar-refractivity contribution in [3.63, 3.8) is 0 Å². The van der Waals surface area contributed by atoms with Crippen LogP contribution in [-0.2, 0) is 19.4 Å². The maximum atomic E-state index is 12.1. The molecule has 1 rings (SSSR count). The number of benzene rings is 1. The molecular formula is C14H18O5S. The summed E-state index contributed by atoms with van der Waals surface area (Å²) in [7, 11) is -1.88. The number of carbonyl (C=O) groups is 1. The van der Waals surface area contributed by atoms with Crippen molar-refractivity contribution >= 4 is 15.8 Å². The first-order valence-electron chi connectivity index (χ1n) is 6.01. The minimum absolute atomic E-state index is 0.0826. The minimum atomic E-state index is -3.40. The van der Waals surface area contributed by atoms with Crippen molar-refractivity contribution in [2.45, 2.75) is 18.7 Å². The Bertz CT molecular complexity index is 584. The molecule has 0 N–H and O–H groups in total. The molecule has 0 saturated heterocycles. The van der Waals surface area contributed by atoms with Crippen molar-refractivity contribution in [3.05, 3.63) is 35.9 Å². The number of hydrogen-bond donors (Lipinski definition) is 0. The van der Waals surface area contributed by atoms with Crippen LogP contribution in [0, 0.1) is 0 Å². The molecule has 0 radical (unpaired) electrons. The largest absolute Gasteiger partial charge is 0.497 e. The minimum Gasteiger partial charge on any atom is -0.497 e. The predicted octanol–water partition coefficient (Wildman–Crippen LogP) is 1.98. The van der Waals surface area contributed by atoms with Crippen molar-refractivity contribution in [2.75, 3.05) is 19.5 Å². The molecule has 0 aliphatic carbocycles. The number of esters is 1. The van der Waals surface area contributed by atoms with E-state index >= 15 is 0 Å². The van der Waals surface area contributed by atoms with Gasteiger partial charge in [0.15, 0.2) is 9.84 Å². The fourth-order valence-corrected chi connectivity index (χ4v) is 2.96. The van der Waals surface area contributed by atoms with E-state index in [1.165, 1.54) is 26.2 Å². The van der Waals surface area contributed by atoms with E-state index in [9.17, 15) is 13.2 Å². The second-order valence-corrected chi connectivity index (χ2v) is 6.28. The Balaban J connectivity index is 2.75. The quantitative estimate of drug-likeness (QED) is 0.593. The molecule has 0 saturated carbocycles. The summed E-state index contributed by atoms with van der Waals surface area (Å²) in [6.07, 6.45) is 1.59. The highest BCUT2D eigenvalue weighted by molar-refractivity contribution is 7.91. The molecule has 0 spiro atoms. The first kappa shape index (κ1) is 16.2. The van der Waals surface area contributed by atoms with Crippen LogP contribution in [0.25, 0.3) is 0 Å². The average molecular weight is 298 g/mol. The van der Waals surface area contributed by atoms with Gasteiger partial charge in [0.2, 0.25) is 0 Å². The average Bonchev–Trinajstić information content (AvgIpc) is 2.37. The highest BCUT2D eigenvalue weighted by Gasteiger charge is 2.15. The van der Waals surface area contributed by atoms with Crippen molar-refractivity contribution in [1.29, 1.82) is 0 Å². The van der Waals surface area contributed by atoms with Crippen LogP contribution in [0.4, 0.5) is 0 Å². The van der Waals surface area contributed by atoms with Gasteiger partial charge in [0.1, 0.15) is 12.4 Å². The monoisotopic (exact) mass is 298 g/mol. The normalized spacial score (nSPS) is 12.1. The van der Waals surface area contributed by atoms with Crippen molar-refractivity contribution < 1.29 is 22.7 Å². The number of ether oxygens (including phenoxy) is 2. The van der Waals surface area contributed by atoms with Crippen molar-refractivity contribution in [1.82, 2.24) is 0 Å². The molecule has 0 amide bonds. The Morgan fingerprint density at radius 2 is 1.80 bits per heavy atom. The lowest BCUT2D eigenvalue weighted by atomic mass is 10.3. The molecule has 0 aromatic heterocycles. The summed E-state index contributed by atoms with van der Waals surface area (Å²) in [6.45, 7) is 3.07. The van der Waals surface area contributed by atoms with Crippen LogP contribution in [0.3, 0.4) is 0 Å². The number of hydrogen-bond acceptors (Lipinski definition) is 5. The maximum absolute atomic E-state index is 12.1. The molecule has 0 heterocycles. The van der Waals surface area contributed by atoms with Crippen LogP contribution in [-0.4, -0.2) is 33.9 Å². The van der Waals surface area contributed by atoms with E-state index in [0.29, 0.717) is 11.3 Å². The first-order valence-corrected chi connectivity index (χ1v) is 7.66. The van der Waals surface area contributed by atoms with Gasteiger partial charge in [-0.1, -0.05) is 5.57 Å². The third-order valence-corrected chi connectivity index (χ3v) is 4.38. The van der Waals surface area contributed by atoms with E-state index in [1.807, 2.05) is 0 Å². The summed E-state index contributed by atoms with van der Waals surface area (Å²) in [6, 6.07) is 6.22. The van der Waals surface area contributed by atoms with E-state index in [1.54, 1.807) is 25.1 Å². The summed E-state index contributed by atoms with van der Waals surface area (Å²) >= 11 is 0. The molecule has 0 aliphatic rings. The molecule has 0 bridgehead atoms. The molecule has 0 aliphatic heterocycles. The van der Waals surface area contributed by atoms with E-state index in [2.05, 4.69) is 0 Å². The third-order valence-electron chi connectivity index (χ3n) is 2.55. The SMILES string of the molecule is COc1ccc(S(=O)(=O)C/C(C)=C/COC(C)=O)cc1. The molecule has 1 aromatic carbocycles. The highest BCUT2D eigenvalue weighted by Crippen LogP contribution is 2.18. The second kappa shape index (κ2) is 7.09. The maximum Gasteiger partial charge on any atom is 0.302 e. The van der Waals surface area contributed by atoms with Crippen molar-refractivity contribution in [3.8, 4) is 5.75 Å². The highest BCUT2D eigenvalue weighted by atomic mass is 32.2. The zero-order valence-electron chi connectivity index (χ0n) is 11.8. The number of carbonyl (C=O) groups excluding carboxylic acids is 1.